The van der Waals surface area contributed by atoms with Crippen molar-refractivity contribution >= 4 is 9.84 Å². The predicted octanol–water partition coefficient (Wildman–Crippen LogP) is 0.831. The minimum atomic E-state index is -2.63. The maximum absolute atomic E-state index is 10.9. The fourth-order valence-corrected chi connectivity index (χ4v) is 3.06. The molecule has 0 aromatic heterocycles. The first-order valence-corrected chi connectivity index (χ1v) is 5.13. The van der Waals surface area contributed by atoms with Crippen LogP contribution in [0.5, 0.6) is 0 Å². The van der Waals surface area contributed by atoms with Crippen molar-refractivity contribution < 1.29 is 8.42 Å². The molecule has 0 bridgehead atoms. The predicted molar refractivity (Wildman–Crippen MR) is 37.1 cm³/mol. The summed E-state index contributed by atoms with van der Waals surface area (Å²) < 4.78 is 21.7. The first-order chi connectivity index (χ1) is 4.10. The summed E-state index contributed by atoms with van der Waals surface area (Å²) in [5.41, 5.74) is 0. The lowest BCUT2D eigenvalue weighted by molar-refractivity contribution is 0.516. The largest absolute Gasteiger partial charge is 0.229 e. The number of hydrogen-bond acceptors (Lipinski definition) is 2. The van der Waals surface area contributed by atoms with Crippen LogP contribution in [-0.4, -0.2) is 19.9 Å². The van der Waals surface area contributed by atoms with Gasteiger partial charge in [-0.15, -0.1) is 0 Å². The third-order valence-electron chi connectivity index (χ3n) is 1.69. The molecule has 0 unspecified atom stereocenters. The monoisotopic (exact) mass is 148 g/mol. The Labute approximate surface area is 56.2 Å². The molecule has 0 aromatic carbocycles. The van der Waals surface area contributed by atoms with E-state index in [4.69, 9.17) is 0 Å². The minimum Gasteiger partial charge on any atom is -0.229 e. The molecule has 0 aliphatic carbocycles. The van der Waals surface area contributed by atoms with Crippen molar-refractivity contribution in [1.82, 2.24) is 0 Å². The molecular weight excluding hydrogens is 136 g/mol. The fraction of sp³-hybridized carbons (Fsp3) is 1.00. The van der Waals surface area contributed by atoms with Crippen LogP contribution in [0.3, 0.4) is 0 Å². The van der Waals surface area contributed by atoms with E-state index in [2.05, 4.69) is 0 Å². The zero-order valence-corrected chi connectivity index (χ0v) is 6.45. The summed E-state index contributed by atoms with van der Waals surface area (Å²) in [5, 5.41) is 0. The van der Waals surface area contributed by atoms with E-state index in [1.807, 2.05) is 6.92 Å². The molecule has 0 aromatic rings. The zero-order chi connectivity index (χ0) is 6.91. The van der Waals surface area contributed by atoms with Gasteiger partial charge in [0.2, 0.25) is 0 Å². The highest BCUT2D eigenvalue weighted by atomic mass is 32.2. The molecule has 0 radical (unpaired) electrons. The molecule has 1 rings (SSSR count). The van der Waals surface area contributed by atoms with Gasteiger partial charge in [-0.3, -0.25) is 0 Å². The van der Waals surface area contributed by atoms with Gasteiger partial charge < -0.3 is 0 Å². The van der Waals surface area contributed by atoms with Crippen molar-refractivity contribution in [2.24, 2.45) is 5.92 Å². The maximum Gasteiger partial charge on any atom is 0.150 e. The second-order valence-electron chi connectivity index (χ2n) is 2.86. The Balaban J connectivity index is 2.62. The summed E-state index contributed by atoms with van der Waals surface area (Å²) in [5.74, 6) is 1.22. The zero-order valence-electron chi connectivity index (χ0n) is 5.63. The number of rotatable bonds is 0. The molecule has 0 N–H and O–H groups in total. The van der Waals surface area contributed by atoms with Gasteiger partial charge in [0.15, 0.2) is 9.84 Å². The first kappa shape index (κ1) is 7.06. The first-order valence-electron chi connectivity index (χ1n) is 3.30. The lowest BCUT2D eigenvalue weighted by Crippen LogP contribution is -2.22. The normalized spacial score (nSPS) is 34.1. The van der Waals surface area contributed by atoms with Crippen molar-refractivity contribution in [3.63, 3.8) is 0 Å². The van der Waals surface area contributed by atoms with Crippen LogP contribution in [-0.2, 0) is 9.84 Å². The van der Waals surface area contributed by atoms with Gasteiger partial charge in [-0.25, -0.2) is 8.42 Å². The molecule has 3 heteroatoms. The van der Waals surface area contributed by atoms with Crippen molar-refractivity contribution in [3.8, 4) is 0 Å². The highest BCUT2D eigenvalue weighted by Gasteiger charge is 2.20. The van der Waals surface area contributed by atoms with E-state index >= 15 is 0 Å². The average molecular weight is 148 g/mol. The van der Waals surface area contributed by atoms with E-state index in [9.17, 15) is 8.42 Å². The van der Waals surface area contributed by atoms with Gasteiger partial charge in [0.1, 0.15) is 0 Å². The van der Waals surface area contributed by atoms with E-state index in [0.717, 1.165) is 12.8 Å². The molecule has 1 heterocycles. The Bertz CT molecular complexity index is 181. The van der Waals surface area contributed by atoms with Gasteiger partial charge in [-0.2, -0.15) is 0 Å². The summed E-state index contributed by atoms with van der Waals surface area (Å²) in [6, 6.07) is 0. The smallest absolute Gasteiger partial charge is 0.150 e. The van der Waals surface area contributed by atoms with Crippen LogP contribution in [0.15, 0.2) is 0 Å². The van der Waals surface area contributed by atoms with Crippen LogP contribution in [0.4, 0.5) is 0 Å². The fourth-order valence-electron chi connectivity index (χ4n) is 1.25. The number of hydrogen-bond donors (Lipinski definition) is 0. The molecule has 0 amide bonds. The molecule has 1 atom stereocenters. The highest BCUT2D eigenvalue weighted by Crippen LogP contribution is 2.16. The second kappa shape index (κ2) is 2.29. The molecular formula is C6H12O2S. The van der Waals surface area contributed by atoms with E-state index in [1.165, 1.54) is 0 Å². The van der Waals surface area contributed by atoms with Crippen molar-refractivity contribution in [2.45, 2.75) is 19.8 Å². The Kier molecular flexibility index (Phi) is 1.80. The van der Waals surface area contributed by atoms with Crippen LogP contribution in [0.2, 0.25) is 0 Å². The Morgan fingerprint density at radius 3 is 2.44 bits per heavy atom. The third-order valence-corrected chi connectivity index (χ3v) is 3.68. The lowest BCUT2D eigenvalue weighted by atomic mass is 10.1. The summed E-state index contributed by atoms with van der Waals surface area (Å²) in [6.45, 7) is 2.00. The van der Waals surface area contributed by atoms with Crippen LogP contribution in [0.25, 0.3) is 0 Å². The number of sulfone groups is 1. The van der Waals surface area contributed by atoms with Crippen molar-refractivity contribution in [3.05, 3.63) is 0 Å². The van der Waals surface area contributed by atoms with Crippen LogP contribution in [0, 0.1) is 5.92 Å². The van der Waals surface area contributed by atoms with E-state index < -0.39 is 9.84 Å². The molecule has 9 heavy (non-hydrogen) atoms. The van der Waals surface area contributed by atoms with E-state index in [-0.39, 0.29) is 0 Å². The Morgan fingerprint density at radius 1 is 1.44 bits per heavy atom. The molecule has 0 spiro atoms. The Morgan fingerprint density at radius 2 is 2.11 bits per heavy atom. The van der Waals surface area contributed by atoms with Gasteiger partial charge in [-0.1, -0.05) is 6.92 Å². The molecule has 1 aliphatic rings. The summed E-state index contributed by atoms with van der Waals surface area (Å²) in [4.78, 5) is 0. The summed E-state index contributed by atoms with van der Waals surface area (Å²) >= 11 is 0. The van der Waals surface area contributed by atoms with E-state index in [1.54, 1.807) is 0 Å². The van der Waals surface area contributed by atoms with Gasteiger partial charge >= 0.3 is 0 Å². The lowest BCUT2D eigenvalue weighted by Gasteiger charge is -2.16. The highest BCUT2D eigenvalue weighted by molar-refractivity contribution is 7.91. The molecule has 1 fully saturated rings. The Hall–Kier alpha value is -0.0500. The van der Waals surface area contributed by atoms with Crippen molar-refractivity contribution in [1.29, 1.82) is 0 Å². The quantitative estimate of drug-likeness (QED) is 0.510. The van der Waals surface area contributed by atoms with Crippen molar-refractivity contribution in [2.75, 3.05) is 11.5 Å². The topological polar surface area (TPSA) is 34.1 Å². The average Bonchev–Trinajstić information content (AvgIpc) is 1.60. The molecule has 2 nitrogen and oxygen atoms in total. The molecule has 1 saturated heterocycles. The van der Waals surface area contributed by atoms with Gasteiger partial charge in [0.25, 0.3) is 0 Å². The second-order valence-corrected chi connectivity index (χ2v) is 5.09. The van der Waals surface area contributed by atoms with Crippen LogP contribution < -0.4 is 0 Å². The van der Waals surface area contributed by atoms with Gasteiger partial charge in [0.05, 0.1) is 11.5 Å². The SMILES string of the molecule is C[C@H]1CCCS(=O)(=O)C1. The molecule has 1 aliphatic heterocycles. The maximum atomic E-state index is 10.9. The standard InChI is InChI=1S/C6H12O2S/c1-6-3-2-4-9(7,8)5-6/h6H,2-5H2,1H3/t6-/m0/s1. The summed E-state index contributed by atoms with van der Waals surface area (Å²) in [7, 11) is -2.63. The molecule has 0 saturated carbocycles. The van der Waals surface area contributed by atoms with Crippen LogP contribution in [0.1, 0.15) is 19.8 Å². The third kappa shape index (κ3) is 1.97. The summed E-state index contributed by atoms with van der Waals surface area (Å²) in [6.07, 6.45) is 1.95. The van der Waals surface area contributed by atoms with E-state index in [0.29, 0.717) is 17.4 Å². The van der Waals surface area contributed by atoms with Gasteiger partial charge in [0, 0.05) is 0 Å². The van der Waals surface area contributed by atoms with Gasteiger partial charge in [-0.05, 0) is 18.8 Å². The minimum absolute atomic E-state index is 0.392. The van der Waals surface area contributed by atoms with Crippen LogP contribution >= 0.6 is 0 Å². The molecule has 54 valence electrons.